The molecule has 0 spiro atoms. The summed E-state index contributed by atoms with van der Waals surface area (Å²) in [5.41, 5.74) is 0. The lowest BCUT2D eigenvalue weighted by atomic mass is 10.9. The second kappa shape index (κ2) is 5.51. The fraction of sp³-hybridized carbons (Fsp3) is 0.500. The van der Waals surface area contributed by atoms with Crippen molar-refractivity contribution in [3.05, 3.63) is 0 Å². The van der Waals surface area contributed by atoms with Crippen LogP contribution in [0.15, 0.2) is 0 Å². The summed E-state index contributed by atoms with van der Waals surface area (Å²) < 4.78 is 19.3. The number of hydrogen-bond donors (Lipinski definition) is 0. The fourth-order valence-corrected chi connectivity index (χ4v) is 0. The fourth-order valence-electron chi connectivity index (χ4n) is 0. The van der Waals surface area contributed by atoms with E-state index in [0.717, 1.165) is 12.5 Å². The number of halogens is 2. The molecule has 0 aliphatic heterocycles. The van der Waals surface area contributed by atoms with E-state index in [2.05, 4.69) is 23.2 Å². The van der Waals surface area contributed by atoms with Crippen LogP contribution in [0.25, 0.3) is 0 Å². The van der Waals surface area contributed by atoms with E-state index in [1.807, 2.05) is 0 Å². The zero-order chi connectivity index (χ0) is 9.65. The van der Waals surface area contributed by atoms with Gasteiger partial charge in [-0.3, -0.25) is 9.59 Å². The van der Waals surface area contributed by atoms with Crippen molar-refractivity contribution in [1.29, 1.82) is 0 Å². The van der Waals surface area contributed by atoms with Crippen molar-refractivity contribution in [1.82, 2.24) is 0 Å². The van der Waals surface area contributed by atoms with E-state index in [4.69, 9.17) is 0 Å². The van der Waals surface area contributed by atoms with Gasteiger partial charge in [0.1, 0.15) is 9.84 Å². The Morgan fingerprint density at radius 1 is 1.00 bits per heavy atom. The Balaban J connectivity index is 0. The molecule has 66 valence electrons. The Kier molecular flexibility index (Phi) is 6.74. The molecule has 0 heterocycles. The van der Waals surface area contributed by atoms with Crippen molar-refractivity contribution in [3.63, 3.8) is 0 Å². The average Bonchev–Trinajstić information content (AvgIpc) is 1.59. The van der Waals surface area contributed by atoms with Crippen molar-refractivity contribution in [2.75, 3.05) is 12.5 Å². The van der Waals surface area contributed by atoms with Crippen LogP contribution in [0.1, 0.15) is 0 Å². The second-order valence-corrected chi connectivity index (χ2v) is 4.66. The van der Waals surface area contributed by atoms with Crippen molar-refractivity contribution >= 4 is 43.5 Å². The quantitative estimate of drug-likeness (QED) is 0.467. The molecule has 0 aromatic carbocycles. The van der Waals surface area contributed by atoms with Crippen molar-refractivity contribution in [3.8, 4) is 0 Å². The molecule has 0 saturated heterocycles. The highest BCUT2D eigenvalue weighted by atomic mass is 35.5. The molecule has 0 aromatic rings. The molecule has 11 heavy (non-hydrogen) atoms. The number of sulfone groups is 1. The Morgan fingerprint density at radius 2 is 1.09 bits per heavy atom. The predicted molar refractivity (Wildman–Crippen MR) is 42.5 cm³/mol. The first kappa shape index (κ1) is 13.5. The average molecular weight is 221 g/mol. The summed E-state index contributed by atoms with van der Waals surface area (Å²) in [4.78, 5) is 18.9. The van der Waals surface area contributed by atoms with Crippen LogP contribution < -0.4 is 0 Å². The van der Waals surface area contributed by atoms with E-state index in [9.17, 15) is 18.0 Å². The second-order valence-electron chi connectivity index (χ2n) is 1.69. The first-order valence-electron chi connectivity index (χ1n) is 2.19. The molecule has 0 radical (unpaired) electrons. The Bertz CT molecular complexity index is 223. The molecule has 0 unspecified atom stereocenters. The van der Waals surface area contributed by atoms with Gasteiger partial charge < -0.3 is 0 Å². The van der Waals surface area contributed by atoms with E-state index in [1.54, 1.807) is 0 Å². The van der Waals surface area contributed by atoms with Gasteiger partial charge in [-0.05, 0) is 23.2 Å². The predicted octanol–water partition coefficient (Wildman–Crippen LogP) is 0.178. The molecule has 0 amide bonds. The molecule has 0 saturated carbocycles. The van der Waals surface area contributed by atoms with Gasteiger partial charge in [-0.15, -0.1) is 0 Å². The van der Waals surface area contributed by atoms with Gasteiger partial charge in [0.25, 0.3) is 0 Å². The first-order valence-corrected chi connectivity index (χ1v) is 5.24. The van der Waals surface area contributed by atoms with Gasteiger partial charge in [-0.1, -0.05) is 0 Å². The summed E-state index contributed by atoms with van der Waals surface area (Å²) in [6, 6.07) is 0. The highest BCUT2D eigenvalue weighted by Gasteiger charge is 2.01. The first-order chi connectivity index (χ1) is 4.64. The third-order valence-electron chi connectivity index (χ3n) is 0.155. The zero-order valence-electron chi connectivity index (χ0n) is 5.80. The highest BCUT2D eigenvalue weighted by molar-refractivity contribution is 7.89. The maximum atomic E-state index is 9.63. The maximum Gasteiger partial charge on any atom is 0.304 e. The minimum Gasteiger partial charge on any atom is -0.271 e. The molecule has 4 nitrogen and oxygen atoms in total. The van der Waals surface area contributed by atoms with E-state index < -0.39 is 20.3 Å². The van der Waals surface area contributed by atoms with Gasteiger partial charge in [0.05, 0.1) is 0 Å². The van der Waals surface area contributed by atoms with Gasteiger partial charge >= 0.3 is 10.5 Å². The van der Waals surface area contributed by atoms with Gasteiger partial charge in [0.15, 0.2) is 0 Å². The Morgan fingerprint density at radius 3 is 1.09 bits per heavy atom. The van der Waals surface area contributed by atoms with Gasteiger partial charge in [-0.2, -0.15) is 0 Å². The molecule has 0 aliphatic carbocycles. The van der Waals surface area contributed by atoms with E-state index in [-0.39, 0.29) is 0 Å². The SMILES string of the molecule is CS(C)(=O)=O.O=C(Cl)C(=O)Cl. The molecule has 0 aliphatic rings. The Labute approximate surface area is 74.4 Å². The number of carbonyl (C=O) groups excluding carboxylic acids is 2. The molecule has 7 heteroatoms. The molecular weight excluding hydrogens is 215 g/mol. The van der Waals surface area contributed by atoms with Crippen LogP contribution in [0.4, 0.5) is 0 Å². The molecule has 0 bridgehead atoms. The lowest BCUT2D eigenvalue weighted by Gasteiger charge is -1.69. The minimum absolute atomic E-state index is 1.14. The summed E-state index contributed by atoms with van der Waals surface area (Å²) in [5.74, 6) is 0. The number of rotatable bonds is 1. The summed E-state index contributed by atoms with van der Waals surface area (Å²) in [6.07, 6.45) is 2.32. The molecule has 0 rings (SSSR count). The molecule has 0 fully saturated rings. The van der Waals surface area contributed by atoms with E-state index >= 15 is 0 Å². The number of carbonyl (C=O) groups is 2. The maximum absolute atomic E-state index is 9.63. The highest BCUT2D eigenvalue weighted by Crippen LogP contribution is 1.84. The topological polar surface area (TPSA) is 68.3 Å². The summed E-state index contributed by atoms with van der Waals surface area (Å²) in [6.45, 7) is 0. The normalized spacial score (nSPS) is 9.45. The molecular formula is C4H6Cl2O4S. The van der Waals surface area contributed by atoms with Gasteiger partial charge in [0.2, 0.25) is 0 Å². The van der Waals surface area contributed by atoms with Gasteiger partial charge in [-0.25, -0.2) is 8.42 Å². The monoisotopic (exact) mass is 220 g/mol. The van der Waals surface area contributed by atoms with Crippen molar-refractivity contribution in [2.45, 2.75) is 0 Å². The van der Waals surface area contributed by atoms with Crippen molar-refractivity contribution < 1.29 is 18.0 Å². The summed E-state index contributed by atoms with van der Waals surface area (Å²) >= 11 is 8.98. The van der Waals surface area contributed by atoms with Crippen LogP contribution in [0, 0.1) is 0 Å². The minimum atomic E-state index is -2.67. The zero-order valence-corrected chi connectivity index (χ0v) is 8.13. The van der Waals surface area contributed by atoms with Gasteiger partial charge in [0, 0.05) is 12.5 Å². The lowest BCUT2D eigenvalue weighted by Crippen LogP contribution is -1.94. The summed E-state index contributed by atoms with van der Waals surface area (Å²) in [5, 5.41) is -2.28. The van der Waals surface area contributed by atoms with E-state index in [0.29, 0.717) is 0 Å². The van der Waals surface area contributed by atoms with Crippen molar-refractivity contribution in [2.24, 2.45) is 0 Å². The lowest BCUT2D eigenvalue weighted by molar-refractivity contribution is -0.127. The molecule has 0 atom stereocenters. The van der Waals surface area contributed by atoms with Crippen LogP contribution in [0.2, 0.25) is 0 Å². The largest absolute Gasteiger partial charge is 0.304 e. The smallest absolute Gasteiger partial charge is 0.271 e. The molecule has 0 N–H and O–H groups in total. The third-order valence-corrected chi connectivity index (χ3v) is 0.595. The van der Waals surface area contributed by atoms with Crippen LogP contribution in [-0.2, 0) is 19.4 Å². The Hall–Kier alpha value is -0.130. The van der Waals surface area contributed by atoms with Crippen LogP contribution in [0.3, 0.4) is 0 Å². The van der Waals surface area contributed by atoms with Crippen LogP contribution in [-0.4, -0.2) is 31.4 Å². The van der Waals surface area contributed by atoms with E-state index in [1.165, 1.54) is 0 Å². The number of hydrogen-bond acceptors (Lipinski definition) is 4. The van der Waals surface area contributed by atoms with Crippen LogP contribution in [0.5, 0.6) is 0 Å². The molecule has 0 aromatic heterocycles. The van der Waals surface area contributed by atoms with Crippen LogP contribution >= 0.6 is 23.2 Å². The third kappa shape index (κ3) is 40.8. The standard InChI is InChI=1S/C2Cl2O2.C2H6O2S/c3-1(5)2(4)6;1-5(2,3)4/h;1-2H3. The summed E-state index contributed by atoms with van der Waals surface area (Å²) in [7, 11) is -2.67.